The number of nitrogens with zero attached hydrogens (tertiary/aromatic N) is 2. The topological polar surface area (TPSA) is 78.4 Å². The fourth-order valence-electron chi connectivity index (χ4n) is 2.93. The maximum Gasteiger partial charge on any atom is 0.191 e. The van der Waals surface area contributed by atoms with E-state index in [4.69, 9.17) is 14.6 Å². The Morgan fingerprint density at radius 2 is 1.84 bits per heavy atom. The molecule has 1 saturated heterocycles. The summed E-state index contributed by atoms with van der Waals surface area (Å²) < 4.78 is 10.7. The molecule has 7 nitrogen and oxygen atoms in total. The monoisotopic (exact) mass is 350 g/mol. The Labute approximate surface area is 150 Å². The summed E-state index contributed by atoms with van der Waals surface area (Å²) in [5.74, 6) is 2.39. The molecule has 1 heterocycles. The van der Waals surface area contributed by atoms with Gasteiger partial charge in [0.2, 0.25) is 0 Å². The first-order valence-electron chi connectivity index (χ1n) is 8.83. The van der Waals surface area contributed by atoms with Crippen molar-refractivity contribution in [2.45, 2.75) is 25.8 Å². The van der Waals surface area contributed by atoms with E-state index in [0.717, 1.165) is 55.6 Å². The fourth-order valence-corrected chi connectivity index (χ4v) is 2.93. The highest BCUT2D eigenvalue weighted by Gasteiger charge is 2.21. The molecule has 25 heavy (non-hydrogen) atoms. The van der Waals surface area contributed by atoms with E-state index in [1.165, 1.54) is 0 Å². The SMILES string of the molecule is CCNC(=NCCO)NC1CCN(c2cc(OC)cc(OC)c2)CC1. The van der Waals surface area contributed by atoms with Gasteiger partial charge in [-0.15, -0.1) is 0 Å². The van der Waals surface area contributed by atoms with Crippen LogP contribution in [-0.4, -0.2) is 64.1 Å². The molecule has 0 unspecified atom stereocenters. The summed E-state index contributed by atoms with van der Waals surface area (Å²) in [6.07, 6.45) is 2.03. The number of ether oxygens (including phenoxy) is 2. The van der Waals surface area contributed by atoms with E-state index in [0.29, 0.717) is 12.6 Å². The molecule has 0 saturated carbocycles. The second-order valence-corrected chi connectivity index (χ2v) is 5.96. The van der Waals surface area contributed by atoms with E-state index in [1.54, 1.807) is 14.2 Å². The molecule has 0 radical (unpaired) electrons. The number of anilines is 1. The maximum absolute atomic E-state index is 8.95. The predicted octanol–water partition coefficient (Wildman–Crippen LogP) is 1.22. The van der Waals surface area contributed by atoms with Gasteiger partial charge in [-0.05, 0) is 19.8 Å². The molecule has 7 heteroatoms. The molecule has 0 bridgehead atoms. The van der Waals surface area contributed by atoms with Gasteiger partial charge in [-0.2, -0.15) is 0 Å². The Morgan fingerprint density at radius 3 is 2.36 bits per heavy atom. The third-order valence-corrected chi connectivity index (χ3v) is 4.25. The lowest BCUT2D eigenvalue weighted by atomic mass is 10.0. The summed E-state index contributed by atoms with van der Waals surface area (Å²) in [5.41, 5.74) is 1.12. The minimum absolute atomic E-state index is 0.0622. The van der Waals surface area contributed by atoms with Crippen LogP contribution >= 0.6 is 0 Å². The van der Waals surface area contributed by atoms with E-state index in [1.807, 2.05) is 25.1 Å². The van der Waals surface area contributed by atoms with Gasteiger partial charge in [0, 0.05) is 49.6 Å². The Hall–Kier alpha value is -2.15. The highest BCUT2D eigenvalue weighted by atomic mass is 16.5. The molecule has 0 atom stereocenters. The predicted molar refractivity (Wildman–Crippen MR) is 101 cm³/mol. The van der Waals surface area contributed by atoms with Crippen LogP contribution in [0.3, 0.4) is 0 Å². The number of guanidine groups is 1. The van der Waals surface area contributed by atoms with Crippen LogP contribution in [0.5, 0.6) is 11.5 Å². The molecule has 0 aromatic heterocycles. The number of piperidine rings is 1. The molecule has 0 aliphatic carbocycles. The van der Waals surface area contributed by atoms with E-state index in [-0.39, 0.29) is 6.61 Å². The van der Waals surface area contributed by atoms with Crippen molar-refractivity contribution in [1.29, 1.82) is 0 Å². The summed E-state index contributed by atoms with van der Waals surface area (Å²) in [7, 11) is 3.34. The lowest BCUT2D eigenvalue weighted by molar-refractivity contribution is 0.306. The number of hydrogen-bond donors (Lipinski definition) is 3. The highest BCUT2D eigenvalue weighted by Crippen LogP contribution is 2.30. The molecule has 140 valence electrons. The second kappa shape index (κ2) is 9.98. The van der Waals surface area contributed by atoms with Gasteiger partial charge in [0.1, 0.15) is 11.5 Å². The van der Waals surface area contributed by atoms with E-state index < -0.39 is 0 Å². The Kier molecular flexibility index (Phi) is 7.66. The molecular formula is C18H30N4O3. The van der Waals surface area contributed by atoms with Crippen molar-refractivity contribution < 1.29 is 14.6 Å². The van der Waals surface area contributed by atoms with Crippen molar-refractivity contribution in [1.82, 2.24) is 10.6 Å². The van der Waals surface area contributed by atoms with Crippen molar-refractivity contribution in [3.63, 3.8) is 0 Å². The van der Waals surface area contributed by atoms with Crippen LogP contribution in [0.25, 0.3) is 0 Å². The molecule has 3 N–H and O–H groups in total. The summed E-state index contributed by atoms with van der Waals surface area (Å²) >= 11 is 0. The summed E-state index contributed by atoms with van der Waals surface area (Å²) in [6.45, 7) is 5.22. The first kappa shape index (κ1) is 19.2. The summed E-state index contributed by atoms with van der Waals surface area (Å²) in [6, 6.07) is 6.35. The third kappa shape index (κ3) is 5.70. The summed E-state index contributed by atoms with van der Waals surface area (Å²) in [4.78, 5) is 6.69. The van der Waals surface area contributed by atoms with E-state index >= 15 is 0 Å². The molecule has 1 aromatic rings. The highest BCUT2D eigenvalue weighted by molar-refractivity contribution is 5.80. The van der Waals surface area contributed by atoms with Crippen LogP contribution in [0.15, 0.2) is 23.2 Å². The number of aliphatic hydroxyl groups is 1. The first-order chi connectivity index (χ1) is 12.2. The zero-order valence-electron chi connectivity index (χ0n) is 15.4. The molecule has 1 aromatic carbocycles. The normalized spacial score (nSPS) is 15.8. The van der Waals surface area contributed by atoms with Crippen molar-refractivity contribution in [3.8, 4) is 11.5 Å². The van der Waals surface area contributed by atoms with Gasteiger partial charge in [-0.1, -0.05) is 0 Å². The van der Waals surface area contributed by atoms with Gasteiger partial charge in [0.25, 0.3) is 0 Å². The van der Waals surface area contributed by atoms with Crippen LogP contribution in [0.1, 0.15) is 19.8 Å². The zero-order valence-corrected chi connectivity index (χ0v) is 15.4. The van der Waals surface area contributed by atoms with Crippen molar-refractivity contribution in [3.05, 3.63) is 18.2 Å². The van der Waals surface area contributed by atoms with Crippen LogP contribution in [0, 0.1) is 0 Å². The fraction of sp³-hybridized carbons (Fsp3) is 0.611. The quantitative estimate of drug-likeness (QED) is 0.507. The standard InChI is InChI=1S/C18H30N4O3/c1-4-19-18(20-7-10-23)21-14-5-8-22(9-6-14)15-11-16(24-2)13-17(12-15)25-3/h11-14,23H,4-10H2,1-3H3,(H2,19,20,21). The molecule has 0 spiro atoms. The largest absolute Gasteiger partial charge is 0.497 e. The Morgan fingerprint density at radius 1 is 1.20 bits per heavy atom. The van der Waals surface area contributed by atoms with Crippen molar-refractivity contribution in [2.24, 2.45) is 4.99 Å². The van der Waals surface area contributed by atoms with Crippen molar-refractivity contribution in [2.75, 3.05) is 51.9 Å². The average molecular weight is 350 g/mol. The maximum atomic E-state index is 8.95. The number of hydrogen-bond acceptors (Lipinski definition) is 5. The van der Waals surface area contributed by atoms with Gasteiger partial charge in [0.15, 0.2) is 5.96 Å². The summed E-state index contributed by atoms with van der Waals surface area (Å²) in [5, 5.41) is 15.6. The Bertz CT molecular complexity index is 535. The molecular weight excluding hydrogens is 320 g/mol. The molecule has 0 amide bonds. The van der Waals surface area contributed by atoms with Gasteiger partial charge in [0.05, 0.1) is 27.4 Å². The Balaban J connectivity index is 1.95. The van der Waals surface area contributed by atoms with Crippen LogP contribution < -0.4 is 25.0 Å². The number of nitrogens with one attached hydrogen (secondary N) is 2. The zero-order chi connectivity index (χ0) is 18.1. The van der Waals surface area contributed by atoms with E-state index in [9.17, 15) is 0 Å². The number of methoxy groups -OCH3 is 2. The van der Waals surface area contributed by atoms with Gasteiger partial charge < -0.3 is 30.1 Å². The number of aliphatic hydroxyl groups excluding tert-OH is 1. The second-order valence-electron chi connectivity index (χ2n) is 5.96. The lowest BCUT2D eigenvalue weighted by Gasteiger charge is -2.34. The van der Waals surface area contributed by atoms with Gasteiger partial charge in [-0.3, -0.25) is 4.99 Å². The smallest absolute Gasteiger partial charge is 0.191 e. The van der Waals surface area contributed by atoms with Gasteiger partial charge in [-0.25, -0.2) is 0 Å². The molecule has 2 rings (SSSR count). The van der Waals surface area contributed by atoms with Crippen molar-refractivity contribution >= 4 is 11.6 Å². The lowest BCUT2D eigenvalue weighted by Crippen LogP contribution is -2.48. The molecule has 1 fully saturated rings. The third-order valence-electron chi connectivity index (χ3n) is 4.25. The van der Waals surface area contributed by atoms with Crippen LogP contribution in [0.2, 0.25) is 0 Å². The number of benzene rings is 1. The average Bonchev–Trinajstić information content (AvgIpc) is 2.66. The van der Waals surface area contributed by atoms with Crippen LogP contribution in [-0.2, 0) is 0 Å². The van der Waals surface area contributed by atoms with Crippen LogP contribution in [0.4, 0.5) is 5.69 Å². The minimum atomic E-state index is 0.0622. The minimum Gasteiger partial charge on any atom is -0.497 e. The van der Waals surface area contributed by atoms with E-state index in [2.05, 4.69) is 20.5 Å². The molecule has 1 aliphatic heterocycles. The molecule has 1 aliphatic rings. The van der Waals surface area contributed by atoms with Gasteiger partial charge >= 0.3 is 0 Å². The first-order valence-corrected chi connectivity index (χ1v) is 8.83. The number of rotatable bonds is 7. The number of aliphatic imine (C=N–C) groups is 1.